The Labute approximate surface area is 203 Å². The fraction of sp³-hybridized carbons (Fsp3) is 0.385. The summed E-state index contributed by atoms with van der Waals surface area (Å²) in [6, 6.07) is 21.1. The van der Waals surface area contributed by atoms with Crippen molar-refractivity contribution >= 4 is 33.7 Å². The number of esters is 1. The van der Waals surface area contributed by atoms with Crippen LogP contribution < -0.4 is 0 Å². The smallest absolute Gasteiger partial charge is 0.315 e. The highest BCUT2D eigenvalue weighted by atomic mass is 79.9. The van der Waals surface area contributed by atoms with Gasteiger partial charge in [-0.25, -0.2) is 0 Å². The van der Waals surface area contributed by atoms with Gasteiger partial charge < -0.3 is 4.74 Å². The van der Waals surface area contributed by atoms with E-state index in [-0.39, 0.29) is 17.4 Å². The molecule has 0 saturated carbocycles. The first-order valence-corrected chi connectivity index (χ1v) is 12.8. The van der Waals surface area contributed by atoms with Crippen molar-refractivity contribution in [3.05, 3.63) is 76.9 Å². The number of nitrogens with zero attached hydrogens (tertiary/aromatic N) is 2. The molecule has 2 aromatic carbocycles. The fourth-order valence-corrected chi connectivity index (χ4v) is 5.26. The maximum Gasteiger partial charge on any atom is 0.315 e. The van der Waals surface area contributed by atoms with Crippen LogP contribution in [0.25, 0.3) is 11.3 Å². The first kappa shape index (κ1) is 24.6. The van der Waals surface area contributed by atoms with Gasteiger partial charge in [0.05, 0.1) is 24.6 Å². The zero-order valence-electron chi connectivity index (χ0n) is 19.0. The van der Waals surface area contributed by atoms with Gasteiger partial charge in [-0.05, 0) is 47.8 Å². The largest absolute Gasteiger partial charge is 0.468 e. The number of aromatic nitrogens is 2. The van der Waals surface area contributed by atoms with Crippen LogP contribution in [0.5, 0.6) is 0 Å². The van der Waals surface area contributed by atoms with Crippen molar-refractivity contribution < 1.29 is 9.53 Å². The second-order valence-electron chi connectivity index (χ2n) is 8.74. The minimum absolute atomic E-state index is 0.153. The molecule has 1 atom stereocenters. The van der Waals surface area contributed by atoms with Crippen LogP contribution in [0.2, 0.25) is 0 Å². The molecule has 0 radical (unpaired) electrons. The van der Waals surface area contributed by atoms with E-state index in [1.807, 2.05) is 18.2 Å². The summed E-state index contributed by atoms with van der Waals surface area (Å²) >= 11 is 5.27. The summed E-state index contributed by atoms with van der Waals surface area (Å²) < 4.78 is 7.92. The van der Waals surface area contributed by atoms with Gasteiger partial charge in [0.25, 0.3) is 0 Å². The predicted octanol–water partition coefficient (Wildman–Crippen LogP) is 7.00. The molecule has 0 fully saturated rings. The van der Waals surface area contributed by atoms with Crippen LogP contribution >= 0.6 is 27.7 Å². The average molecular weight is 516 g/mol. The van der Waals surface area contributed by atoms with Crippen LogP contribution in [-0.4, -0.2) is 34.4 Å². The predicted molar refractivity (Wildman–Crippen MR) is 137 cm³/mol. The van der Waals surface area contributed by atoms with E-state index in [1.54, 1.807) is 11.8 Å². The van der Waals surface area contributed by atoms with Gasteiger partial charge in [-0.1, -0.05) is 78.7 Å². The second-order valence-corrected chi connectivity index (χ2v) is 10.6. The molecule has 0 aliphatic heterocycles. The highest BCUT2D eigenvalue weighted by Crippen LogP contribution is 2.32. The molecule has 0 amide bonds. The number of methoxy groups -OCH3 is 1. The Balaban J connectivity index is 1.69. The second kappa shape index (κ2) is 11.7. The Kier molecular flexibility index (Phi) is 9.00. The molecule has 1 heterocycles. The summed E-state index contributed by atoms with van der Waals surface area (Å²) in [5, 5.41) is 4.93. The Hall–Kier alpha value is -2.05. The molecule has 4 nitrogen and oxygen atoms in total. The zero-order valence-corrected chi connectivity index (χ0v) is 21.4. The number of ether oxygens (including phenoxy) is 1. The fourth-order valence-electron chi connectivity index (χ4n) is 3.76. The number of carbonyl (C=O) groups is 1. The van der Waals surface area contributed by atoms with Gasteiger partial charge in [0.2, 0.25) is 0 Å². The molecule has 170 valence electrons. The number of benzene rings is 2. The molecule has 0 spiro atoms. The standard InChI is InChI=1S/C26H31BrN2O2S/c1-26(2,19-32-18-25(30)31-3)15-8-13-24(21-11-7-12-22(27)17-21)29-16-14-23(28-29)20-9-5-4-6-10-20/h4-7,9-12,14,16-17,24H,8,13,15,18-19H2,1-3H3. The van der Waals surface area contributed by atoms with E-state index in [0.29, 0.717) is 5.75 Å². The molecule has 32 heavy (non-hydrogen) atoms. The quantitative estimate of drug-likeness (QED) is 0.258. The SMILES string of the molecule is COC(=O)CSCC(C)(C)CCCC(c1cccc(Br)c1)n1ccc(-c2ccccc2)n1. The molecular formula is C26H31BrN2O2S. The summed E-state index contributed by atoms with van der Waals surface area (Å²) in [5.74, 6) is 1.19. The lowest BCUT2D eigenvalue weighted by Gasteiger charge is -2.26. The van der Waals surface area contributed by atoms with E-state index >= 15 is 0 Å². The number of carbonyl (C=O) groups excluding carboxylic acids is 1. The van der Waals surface area contributed by atoms with Gasteiger partial charge in [0, 0.05) is 16.2 Å². The molecule has 1 aromatic heterocycles. The third kappa shape index (κ3) is 7.24. The van der Waals surface area contributed by atoms with Crippen LogP contribution in [-0.2, 0) is 9.53 Å². The monoisotopic (exact) mass is 514 g/mol. The summed E-state index contributed by atoms with van der Waals surface area (Å²) in [6.45, 7) is 4.54. The lowest BCUT2D eigenvalue weighted by Crippen LogP contribution is -2.18. The molecule has 1 unspecified atom stereocenters. The number of thioether (sulfide) groups is 1. The summed E-state index contributed by atoms with van der Waals surface area (Å²) in [6.07, 6.45) is 5.24. The van der Waals surface area contributed by atoms with E-state index in [4.69, 9.17) is 9.84 Å². The lowest BCUT2D eigenvalue weighted by atomic mass is 9.88. The molecule has 0 saturated heterocycles. The third-order valence-corrected chi connectivity index (χ3v) is 7.42. The lowest BCUT2D eigenvalue weighted by molar-refractivity contribution is -0.137. The highest BCUT2D eigenvalue weighted by molar-refractivity contribution is 9.10. The zero-order chi connectivity index (χ0) is 23.0. The molecular weight excluding hydrogens is 484 g/mol. The average Bonchev–Trinajstić information content (AvgIpc) is 3.27. The molecule has 6 heteroatoms. The number of halogens is 1. The van der Waals surface area contributed by atoms with Crippen molar-refractivity contribution in [3.8, 4) is 11.3 Å². The normalized spacial score (nSPS) is 12.5. The first-order chi connectivity index (χ1) is 15.4. The van der Waals surface area contributed by atoms with Crippen LogP contribution in [0.4, 0.5) is 0 Å². The van der Waals surface area contributed by atoms with Crippen molar-refractivity contribution in [2.24, 2.45) is 5.41 Å². The number of hydrogen-bond donors (Lipinski definition) is 0. The van der Waals surface area contributed by atoms with Crippen LogP contribution in [0.3, 0.4) is 0 Å². The van der Waals surface area contributed by atoms with Gasteiger partial charge in [0.1, 0.15) is 0 Å². The molecule has 0 N–H and O–H groups in total. The molecule has 0 aliphatic carbocycles. The number of rotatable bonds is 11. The van der Waals surface area contributed by atoms with Crippen molar-refractivity contribution in [1.29, 1.82) is 0 Å². The van der Waals surface area contributed by atoms with Gasteiger partial charge in [-0.2, -0.15) is 5.10 Å². The first-order valence-electron chi connectivity index (χ1n) is 10.9. The Morgan fingerprint density at radius 1 is 1.16 bits per heavy atom. The maximum atomic E-state index is 11.4. The highest BCUT2D eigenvalue weighted by Gasteiger charge is 2.21. The van der Waals surface area contributed by atoms with Gasteiger partial charge in [-0.3, -0.25) is 9.48 Å². The van der Waals surface area contributed by atoms with E-state index in [1.165, 1.54) is 12.7 Å². The summed E-state index contributed by atoms with van der Waals surface area (Å²) in [7, 11) is 1.44. The van der Waals surface area contributed by atoms with Crippen LogP contribution in [0.15, 0.2) is 71.3 Å². The minimum atomic E-state index is -0.159. The molecule has 3 rings (SSSR count). The number of hydrogen-bond acceptors (Lipinski definition) is 4. The van der Waals surface area contributed by atoms with Gasteiger partial charge in [-0.15, -0.1) is 11.8 Å². The van der Waals surface area contributed by atoms with E-state index in [9.17, 15) is 4.79 Å². The maximum absolute atomic E-state index is 11.4. The van der Waals surface area contributed by atoms with E-state index in [0.717, 1.165) is 40.7 Å². The third-order valence-electron chi connectivity index (χ3n) is 5.50. The summed E-state index contributed by atoms with van der Waals surface area (Å²) in [5.41, 5.74) is 3.52. The Morgan fingerprint density at radius 3 is 2.66 bits per heavy atom. The van der Waals surface area contributed by atoms with Crippen molar-refractivity contribution in [3.63, 3.8) is 0 Å². The van der Waals surface area contributed by atoms with Crippen molar-refractivity contribution in [2.45, 2.75) is 39.2 Å². The molecule has 3 aromatic rings. The van der Waals surface area contributed by atoms with Gasteiger partial charge in [0.15, 0.2) is 0 Å². The van der Waals surface area contributed by atoms with E-state index in [2.05, 4.69) is 83.1 Å². The Morgan fingerprint density at radius 2 is 1.94 bits per heavy atom. The molecule has 0 bridgehead atoms. The summed E-state index contributed by atoms with van der Waals surface area (Å²) in [4.78, 5) is 11.4. The van der Waals surface area contributed by atoms with Crippen LogP contribution in [0, 0.1) is 5.41 Å². The van der Waals surface area contributed by atoms with Crippen molar-refractivity contribution in [1.82, 2.24) is 9.78 Å². The van der Waals surface area contributed by atoms with Crippen LogP contribution in [0.1, 0.15) is 44.7 Å². The van der Waals surface area contributed by atoms with E-state index < -0.39 is 0 Å². The topological polar surface area (TPSA) is 44.1 Å². The van der Waals surface area contributed by atoms with Crippen molar-refractivity contribution in [2.75, 3.05) is 18.6 Å². The Bertz CT molecular complexity index is 1000. The van der Waals surface area contributed by atoms with Gasteiger partial charge >= 0.3 is 5.97 Å². The molecule has 0 aliphatic rings. The minimum Gasteiger partial charge on any atom is -0.468 e.